The number of methoxy groups -OCH3 is 1. The van der Waals surface area contributed by atoms with E-state index in [1.807, 2.05) is 0 Å². The molecule has 1 aliphatic heterocycles. The Morgan fingerprint density at radius 2 is 2.50 bits per heavy atom. The van der Waals surface area contributed by atoms with E-state index in [0.717, 1.165) is 19.4 Å². The Kier molecular flexibility index (Phi) is 2.65. The van der Waals surface area contributed by atoms with Crippen LogP contribution in [0.4, 0.5) is 0 Å². The highest BCUT2D eigenvalue weighted by atomic mass is 16.5. The van der Waals surface area contributed by atoms with Crippen LogP contribution in [-0.4, -0.2) is 37.5 Å². The quantitative estimate of drug-likeness (QED) is 0.563. The summed E-state index contributed by atoms with van der Waals surface area (Å²) in [5.41, 5.74) is -0.604. The van der Waals surface area contributed by atoms with Crippen molar-refractivity contribution in [2.75, 3.05) is 26.8 Å². The van der Waals surface area contributed by atoms with Crippen molar-refractivity contribution in [1.29, 1.82) is 0 Å². The Bertz CT molecular complexity index is 94.3. The molecule has 1 fully saturated rings. The van der Waals surface area contributed by atoms with Gasteiger partial charge in [0.1, 0.15) is 5.60 Å². The Hall–Kier alpha value is -0.120. The molecule has 0 aromatic carbocycles. The number of ether oxygens (including phenoxy) is 1. The summed E-state index contributed by atoms with van der Waals surface area (Å²) < 4.78 is 4.89. The third-order valence-electron chi connectivity index (χ3n) is 1.86. The molecule has 0 amide bonds. The molecule has 0 aromatic heterocycles. The maximum Gasteiger partial charge on any atom is 0.100 e. The first-order valence-corrected chi connectivity index (χ1v) is 3.69. The number of hydrogen-bond donors (Lipinski definition) is 2. The zero-order chi connectivity index (χ0) is 7.45. The second-order valence-corrected chi connectivity index (χ2v) is 2.94. The van der Waals surface area contributed by atoms with Gasteiger partial charge in [0.2, 0.25) is 0 Å². The highest BCUT2D eigenvalue weighted by Crippen LogP contribution is 2.15. The lowest BCUT2D eigenvalue weighted by atomic mass is 9.95. The van der Waals surface area contributed by atoms with Gasteiger partial charge < -0.3 is 15.2 Å². The molecule has 60 valence electrons. The van der Waals surface area contributed by atoms with E-state index < -0.39 is 5.60 Å². The molecule has 3 nitrogen and oxygen atoms in total. The van der Waals surface area contributed by atoms with E-state index in [2.05, 4.69) is 5.32 Å². The van der Waals surface area contributed by atoms with Crippen LogP contribution in [0.25, 0.3) is 0 Å². The minimum Gasteiger partial charge on any atom is -0.386 e. The van der Waals surface area contributed by atoms with Crippen LogP contribution in [-0.2, 0) is 4.74 Å². The molecule has 1 atom stereocenters. The van der Waals surface area contributed by atoms with Crippen molar-refractivity contribution in [1.82, 2.24) is 5.32 Å². The van der Waals surface area contributed by atoms with Gasteiger partial charge in [-0.1, -0.05) is 0 Å². The summed E-state index contributed by atoms with van der Waals surface area (Å²) in [6, 6.07) is 0. The predicted molar refractivity (Wildman–Crippen MR) is 38.9 cm³/mol. The molecule has 3 heteroatoms. The van der Waals surface area contributed by atoms with Gasteiger partial charge in [0.25, 0.3) is 0 Å². The van der Waals surface area contributed by atoms with Crippen LogP contribution in [0, 0.1) is 0 Å². The largest absolute Gasteiger partial charge is 0.386 e. The fourth-order valence-corrected chi connectivity index (χ4v) is 1.34. The van der Waals surface area contributed by atoms with Gasteiger partial charge >= 0.3 is 0 Å². The van der Waals surface area contributed by atoms with Gasteiger partial charge in [0.05, 0.1) is 6.61 Å². The maximum atomic E-state index is 9.68. The van der Waals surface area contributed by atoms with Crippen LogP contribution in [0.3, 0.4) is 0 Å². The Labute approximate surface area is 61.4 Å². The number of hydrogen-bond acceptors (Lipinski definition) is 3. The van der Waals surface area contributed by atoms with Crippen molar-refractivity contribution in [3.05, 3.63) is 0 Å². The molecule has 0 aromatic rings. The molecule has 10 heavy (non-hydrogen) atoms. The van der Waals surface area contributed by atoms with Gasteiger partial charge in [-0.25, -0.2) is 0 Å². The average Bonchev–Trinajstić information content (AvgIpc) is 1.89. The van der Waals surface area contributed by atoms with E-state index in [1.54, 1.807) is 7.11 Å². The average molecular weight is 145 g/mol. The summed E-state index contributed by atoms with van der Waals surface area (Å²) in [5, 5.41) is 12.8. The van der Waals surface area contributed by atoms with Gasteiger partial charge in [-0.15, -0.1) is 0 Å². The lowest BCUT2D eigenvalue weighted by Gasteiger charge is -2.31. The number of piperidine rings is 1. The van der Waals surface area contributed by atoms with Crippen molar-refractivity contribution in [3.8, 4) is 0 Å². The lowest BCUT2D eigenvalue weighted by molar-refractivity contribution is -0.0458. The van der Waals surface area contributed by atoms with Crippen LogP contribution >= 0.6 is 0 Å². The van der Waals surface area contributed by atoms with Crippen LogP contribution in [0.2, 0.25) is 0 Å². The van der Waals surface area contributed by atoms with Crippen molar-refractivity contribution in [3.63, 3.8) is 0 Å². The van der Waals surface area contributed by atoms with E-state index >= 15 is 0 Å². The predicted octanol–water partition coefficient (Wildman–Crippen LogP) is -0.253. The molecule has 2 N–H and O–H groups in total. The zero-order valence-electron chi connectivity index (χ0n) is 6.39. The van der Waals surface area contributed by atoms with Crippen molar-refractivity contribution < 1.29 is 9.84 Å². The fraction of sp³-hybridized carbons (Fsp3) is 1.00. The van der Waals surface area contributed by atoms with Crippen LogP contribution in [0.15, 0.2) is 0 Å². The summed E-state index contributed by atoms with van der Waals surface area (Å²) in [7, 11) is 1.62. The summed E-state index contributed by atoms with van der Waals surface area (Å²) in [6.07, 6.45) is 1.90. The first kappa shape index (κ1) is 7.98. The maximum absolute atomic E-state index is 9.68. The molecule has 0 saturated carbocycles. The normalized spacial score (nSPS) is 34.2. The van der Waals surface area contributed by atoms with Crippen molar-refractivity contribution >= 4 is 0 Å². The van der Waals surface area contributed by atoms with Gasteiger partial charge in [0.15, 0.2) is 0 Å². The third-order valence-corrected chi connectivity index (χ3v) is 1.86. The van der Waals surface area contributed by atoms with Crippen LogP contribution < -0.4 is 5.32 Å². The third kappa shape index (κ3) is 1.94. The highest BCUT2D eigenvalue weighted by molar-refractivity contribution is 4.84. The molecule has 1 rings (SSSR count). The summed E-state index contributed by atoms with van der Waals surface area (Å²) in [6.45, 7) is 2.13. The molecule has 1 saturated heterocycles. The van der Waals surface area contributed by atoms with Gasteiger partial charge in [-0.3, -0.25) is 0 Å². The Morgan fingerprint density at radius 1 is 1.70 bits per heavy atom. The first-order valence-electron chi connectivity index (χ1n) is 3.69. The Balaban J connectivity index is 2.32. The molecule has 0 bridgehead atoms. The van der Waals surface area contributed by atoms with Gasteiger partial charge in [-0.2, -0.15) is 0 Å². The zero-order valence-corrected chi connectivity index (χ0v) is 6.39. The van der Waals surface area contributed by atoms with Gasteiger partial charge in [-0.05, 0) is 19.4 Å². The second kappa shape index (κ2) is 3.32. The van der Waals surface area contributed by atoms with Gasteiger partial charge in [0, 0.05) is 13.7 Å². The summed E-state index contributed by atoms with van der Waals surface area (Å²) in [4.78, 5) is 0. The number of nitrogens with one attached hydrogen (secondary N) is 1. The molecule has 1 aliphatic rings. The second-order valence-electron chi connectivity index (χ2n) is 2.94. The molecule has 0 radical (unpaired) electrons. The first-order chi connectivity index (χ1) is 4.77. The van der Waals surface area contributed by atoms with E-state index in [1.165, 1.54) is 0 Å². The molecular formula is C7H15NO2. The van der Waals surface area contributed by atoms with Crippen molar-refractivity contribution in [2.24, 2.45) is 0 Å². The molecular weight excluding hydrogens is 130 g/mol. The number of rotatable bonds is 2. The highest BCUT2D eigenvalue weighted by Gasteiger charge is 2.28. The van der Waals surface area contributed by atoms with Crippen LogP contribution in [0.1, 0.15) is 12.8 Å². The smallest absolute Gasteiger partial charge is 0.100 e. The summed E-state index contributed by atoms with van der Waals surface area (Å²) in [5.74, 6) is 0. The lowest BCUT2D eigenvalue weighted by Crippen LogP contribution is -2.48. The van der Waals surface area contributed by atoms with E-state index in [4.69, 9.17) is 4.74 Å². The monoisotopic (exact) mass is 145 g/mol. The van der Waals surface area contributed by atoms with Crippen LogP contribution in [0.5, 0.6) is 0 Å². The SMILES string of the molecule is COCC1(O)CCCNC1. The molecule has 0 aliphatic carbocycles. The number of β-amino-alcohol motifs (C(OH)–C–C–N with tert-alkyl or cyclic N) is 1. The topological polar surface area (TPSA) is 41.5 Å². The van der Waals surface area contributed by atoms with E-state index in [-0.39, 0.29) is 0 Å². The van der Waals surface area contributed by atoms with E-state index in [9.17, 15) is 5.11 Å². The fourth-order valence-electron chi connectivity index (χ4n) is 1.34. The molecule has 1 heterocycles. The molecule has 1 unspecified atom stereocenters. The number of aliphatic hydroxyl groups is 1. The summed E-state index contributed by atoms with van der Waals surface area (Å²) >= 11 is 0. The standard InChI is InChI=1S/C7H15NO2/c1-10-6-7(9)3-2-4-8-5-7/h8-9H,2-6H2,1H3. The van der Waals surface area contributed by atoms with Crippen molar-refractivity contribution in [2.45, 2.75) is 18.4 Å². The van der Waals surface area contributed by atoms with E-state index in [0.29, 0.717) is 13.2 Å². The molecule has 0 spiro atoms. The Morgan fingerprint density at radius 3 is 3.00 bits per heavy atom. The minimum atomic E-state index is -0.604. The minimum absolute atomic E-state index is 0.444.